The van der Waals surface area contributed by atoms with E-state index in [2.05, 4.69) is 0 Å². The molecule has 0 N–H and O–H groups in total. The molecule has 12 nitrogen and oxygen atoms in total. The molecule has 1 saturated heterocycles. The minimum absolute atomic E-state index is 0.316. The predicted octanol–water partition coefficient (Wildman–Crippen LogP) is 0.198. The molecular weight excluding hydrogens is 462 g/mol. The molecule has 0 radical (unpaired) electrons. The molecule has 1 rings (SSSR count). The second kappa shape index (κ2) is 13.0. The van der Waals surface area contributed by atoms with E-state index in [0.29, 0.717) is 12.3 Å². The largest absolute Gasteiger partial charge is 0.462 e. The van der Waals surface area contributed by atoms with E-state index in [1.54, 1.807) is 0 Å². The van der Waals surface area contributed by atoms with Gasteiger partial charge in [0.25, 0.3) is 0 Å². The molecule has 1 aliphatic heterocycles. The van der Waals surface area contributed by atoms with Crippen molar-refractivity contribution in [3.63, 3.8) is 0 Å². The van der Waals surface area contributed by atoms with Gasteiger partial charge in [-0.05, 0) is 0 Å². The van der Waals surface area contributed by atoms with Crippen molar-refractivity contribution in [2.45, 2.75) is 71.3 Å². The van der Waals surface area contributed by atoms with Gasteiger partial charge in [0.15, 0.2) is 24.4 Å². The first kappa shape index (κ1) is 28.2. The van der Waals surface area contributed by atoms with Gasteiger partial charge in [-0.1, -0.05) is 0 Å². The molecule has 5 atom stereocenters. The Morgan fingerprint density at radius 2 is 1.27 bits per heavy atom. The van der Waals surface area contributed by atoms with Crippen LogP contribution in [-0.4, -0.2) is 89.3 Å². The van der Waals surface area contributed by atoms with Crippen molar-refractivity contribution in [2.24, 2.45) is 0 Å². The van der Waals surface area contributed by atoms with Crippen molar-refractivity contribution in [3.8, 4) is 0 Å². The number of hydrogen-bond acceptors (Lipinski definition) is 12. The van der Waals surface area contributed by atoms with Crippen LogP contribution in [0.2, 0.25) is 0 Å². The Bertz CT molecular complexity index is 771. The molecule has 1 amide bonds. The maximum absolute atomic E-state index is 12.1. The zero-order valence-corrected chi connectivity index (χ0v) is 20.2. The lowest BCUT2D eigenvalue weighted by molar-refractivity contribution is -0.204. The fraction of sp³-hybridized carbons (Fsp3) is 0.700. The van der Waals surface area contributed by atoms with Crippen molar-refractivity contribution in [1.29, 1.82) is 0 Å². The Kier molecular flexibility index (Phi) is 11.1. The predicted molar refractivity (Wildman–Crippen MR) is 112 cm³/mol. The number of thioether (sulfide) groups is 1. The summed E-state index contributed by atoms with van der Waals surface area (Å²) in [6, 6.07) is 0. The zero-order chi connectivity index (χ0) is 25.3. The SMILES string of the molecule is CC(=O)OC[C@@H](OC(C)=O)[C@H](OC(C)=O)[C@H](OC(C)=O)[C@H](OC(C)=O)[C@@H]1SCCN1C(C)=O. The van der Waals surface area contributed by atoms with E-state index in [1.165, 1.54) is 23.6 Å². The van der Waals surface area contributed by atoms with Crippen LogP contribution in [0, 0.1) is 0 Å². The molecule has 0 aliphatic carbocycles. The van der Waals surface area contributed by atoms with Crippen molar-refractivity contribution in [3.05, 3.63) is 0 Å². The number of esters is 5. The van der Waals surface area contributed by atoms with Gasteiger partial charge in [-0.25, -0.2) is 0 Å². The molecule has 0 saturated carbocycles. The minimum atomic E-state index is -1.53. The second-order valence-corrected chi connectivity index (χ2v) is 8.37. The van der Waals surface area contributed by atoms with Gasteiger partial charge in [-0.2, -0.15) is 0 Å². The van der Waals surface area contributed by atoms with Gasteiger partial charge >= 0.3 is 29.8 Å². The van der Waals surface area contributed by atoms with Crippen LogP contribution in [0.5, 0.6) is 0 Å². The van der Waals surface area contributed by atoms with Gasteiger partial charge < -0.3 is 28.6 Å². The van der Waals surface area contributed by atoms with Gasteiger partial charge in [-0.15, -0.1) is 11.8 Å². The number of carbonyl (C=O) groups is 6. The molecular formula is C20H29NO11S. The summed E-state index contributed by atoms with van der Waals surface area (Å²) in [5.74, 6) is -3.71. The summed E-state index contributed by atoms with van der Waals surface area (Å²) in [7, 11) is 0. The first-order valence-electron chi connectivity index (χ1n) is 10.0. The van der Waals surface area contributed by atoms with Gasteiger partial charge in [0.1, 0.15) is 12.0 Å². The molecule has 0 aromatic rings. The van der Waals surface area contributed by atoms with Gasteiger partial charge in [0.05, 0.1) is 0 Å². The Morgan fingerprint density at radius 1 is 0.758 bits per heavy atom. The van der Waals surface area contributed by atoms with E-state index >= 15 is 0 Å². The van der Waals surface area contributed by atoms with Crippen LogP contribution in [0.15, 0.2) is 0 Å². The number of rotatable bonds is 10. The summed E-state index contributed by atoms with van der Waals surface area (Å²) >= 11 is 1.27. The van der Waals surface area contributed by atoms with E-state index < -0.39 is 66.2 Å². The smallest absolute Gasteiger partial charge is 0.303 e. The molecule has 1 fully saturated rings. The number of carbonyl (C=O) groups excluding carboxylic acids is 6. The maximum Gasteiger partial charge on any atom is 0.303 e. The highest BCUT2D eigenvalue weighted by Crippen LogP contribution is 2.33. The summed E-state index contributed by atoms with van der Waals surface area (Å²) in [4.78, 5) is 72.5. The van der Waals surface area contributed by atoms with Crippen LogP contribution in [-0.2, 0) is 52.5 Å². The van der Waals surface area contributed by atoms with Crippen molar-refractivity contribution >= 4 is 47.5 Å². The molecule has 1 heterocycles. The fourth-order valence-corrected chi connectivity index (χ4v) is 4.62. The lowest BCUT2D eigenvalue weighted by atomic mass is 10.0. The third kappa shape index (κ3) is 9.28. The van der Waals surface area contributed by atoms with Crippen molar-refractivity contribution in [1.82, 2.24) is 4.90 Å². The highest BCUT2D eigenvalue weighted by molar-refractivity contribution is 8.00. The third-order valence-electron chi connectivity index (χ3n) is 4.30. The van der Waals surface area contributed by atoms with Crippen molar-refractivity contribution < 1.29 is 52.5 Å². The Hall–Kier alpha value is -2.83. The maximum atomic E-state index is 12.1. The average molecular weight is 492 g/mol. The molecule has 0 unspecified atom stereocenters. The number of ether oxygens (including phenoxy) is 5. The summed E-state index contributed by atoms with van der Waals surface area (Å²) in [6.45, 7) is 6.62. The van der Waals surface area contributed by atoms with E-state index in [9.17, 15) is 28.8 Å². The quantitative estimate of drug-likeness (QED) is 0.303. The minimum Gasteiger partial charge on any atom is -0.462 e. The third-order valence-corrected chi connectivity index (χ3v) is 5.58. The first-order valence-corrected chi connectivity index (χ1v) is 11.1. The highest BCUT2D eigenvalue weighted by Gasteiger charge is 2.49. The topological polar surface area (TPSA) is 152 Å². The monoisotopic (exact) mass is 491 g/mol. The van der Waals surface area contributed by atoms with E-state index in [4.69, 9.17) is 23.7 Å². The number of nitrogens with zero attached hydrogens (tertiary/aromatic N) is 1. The molecule has 0 aromatic carbocycles. The number of hydrogen-bond donors (Lipinski definition) is 0. The average Bonchev–Trinajstić information content (AvgIpc) is 3.15. The number of amides is 1. The van der Waals surface area contributed by atoms with Gasteiger partial charge in [0.2, 0.25) is 5.91 Å². The van der Waals surface area contributed by atoms with Crippen LogP contribution in [0.4, 0.5) is 0 Å². The summed E-state index contributed by atoms with van der Waals surface area (Å²) in [6.07, 6.45) is -5.75. The summed E-state index contributed by atoms with van der Waals surface area (Å²) in [5.41, 5.74) is 0. The Balaban J connectivity index is 3.55. The van der Waals surface area contributed by atoms with Crippen molar-refractivity contribution in [2.75, 3.05) is 18.9 Å². The normalized spacial score (nSPS) is 18.8. The molecule has 0 bridgehead atoms. The first-order chi connectivity index (χ1) is 15.3. The summed E-state index contributed by atoms with van der Waals surface area (Å²) in [5, 5.41) is -0.791. The van der Waals surface area contributed by atoms with Gasteiger partial charge in [-0.3, -0.25) is 28.8 Å². The molecule has 13 heteroatoms. The molecule has 1 aliphatic rings. The molecule has 0 aromatic heterocycles. The standard InChI is InChI=1S/C20H29NO11S/c1-10(22)21-7-8-33-20(21)19(32-15(6)27)18(31-14(5)26)17(30-13(4)25)16(29-12(3)24)9-28-11(2)23/h16-20H,7-9H2,1-6H3/t16-,17+,18+,19+,20+/m1/s1. The zero-order valence-electron chi connectivity index (χ0n) is 19.4. The molecule has 186 valence electrons. The summed E-state index contributed by atoms with van der Waals surface area (Å²) < 4.78 is 26.3. The lowest BCUT2D eigenvalue weighted by Gasteiger charge is -2.39. The lowest BCUT2D eigenvalue weighted by Crippen LogP contribution is -2.58. The fourth-order valence-electron chi connectivity index (χ4n) is 3.24. The van der Waals surface area contributed by atoms with Gasteiger partial charge in [0, 0.05) is 53.8 Å². The highest BCUT2D eigenvalue weighted by atomic mass is 32.2. The van der Waals surface area contributed by atoms with Crippen LogP contribution in [0.25, 0.3) is 0 Å². The van der Waals surface area contributed by atoms with Crippen LogP contribution >= 0.6 is 11.8 Å². The van der Waals surface area contributed by atoms with Crippen LogP contribution in [0.1, 0.15) is 41.5 Å². The van der Waals surface area contributed by atoms with E-state index in [0.717, 1.165) is 34.6 Å². The Labute approximate surface area is 195 Å². The molecule has 0 spiro atoms. The second-order valence-electron chi connectivity index (χ2n) is 7.15. The van der Waals surface area contributed by atoms with Crippen LogP contribution < -0.4 is 0 Å². The van der Waals surface area contributed by atoms with E-state index in [-0.39, 0.29) is 5.91 Å². The van der Waals surface area contributed by atoms with E-state index in [1.807, 2.05) is 0 Å². The Morgan fingerprint density at radius 3 is 1.73 bits per heavy atom. The molecule has 33 heavy (non-hydrogen) atoms. The van der Waals surface area contributed by atoms with Crippen LogP contribution in [0.3, 0.4) is 0 Å².